The lowest BCUT2D eigenvalue weighted by Crippen LogP contribution is -2.52. The summed E-state index contributed by atoms with van der Waals surface area (Å²) in [5.74, 6) is -1.04. The standard InChI is InChI=1S/C13H24N2O4/c1-9(2)15(8-12(17)18)13(19)14-10-6-4-3-5-7-11(10)16/h9-11,16H,3-8H2,1-2H3,(H,14,19)(H,17,18). The van der Waals surface area contributed by atoms with Gasteiger partial charge in [0.15, 0.2) is 0 Å². The van der Waals surface area contributed by atoms with Crippen molar-refractivity contribution in [1.82, 2.24) is 10.2 Å². The maximum atomic E-state index is 12.1. The van der Waals surface area contributed by atoms with Gasteiger partial charge in [-0.3, -0.25) is 4.79 Å². The summed E-state index contributed by atoms with van der Waals surface area (Å²) in [5, 5.41) is 21.5. The van der Waals surface area contributed by atoms with Crippen molar-refractivity contribution in [3.05, 3.63) is 0 Å². The molecule has 1 rings (SSSR count). The van der Waals surface area contributed by atoms with Crippen LogP contribution in [0.5, 0.6) is 0 Å². The van der Waals surface area contributed by atoms with Crippen molar-refractivity contribution in [3.8, 4) is 0 Å². The van der Waals surface area contributed by atoms with Crippen molar-refractivity contribution in [1.29, 1.82) is 0 Å². The molecule has 3 N–H and O–H groups in total. The first-order valence-corrected chi connectivity index (χ1v) is 6.88. The van der Waals surface area contributed by atoms with Crippen molar-refractivity contribution in [2.45, 2.75) is 64.1 Å². The molecule has 2 unspecified atom stereocenters. The fourth-order valence-electron chi connectivity index (χ4n) is 2.33. The molecule has 0 aromatic heterocycles. The number of aliphatic hydroxyl groups is 1. The molecule has 2 amide bonds. The minimum Gasteiger partial charge on any atom is -0.480 e. The molecular formula is C13H24N2O4. The molecule has 0 aliphatic heterocycles. The number of rotatable bonds is 4. The van der Waals surface area contributed by atoms with Gasteiger partial charge in [-0.1, -0.05) is 19.3 Å². The van der Waals surface area contributed by atoms with Gasteiger partial charge in [-0.25, -0.2) is 4.79 Å². The highest BCUT2D eigenvalue weighted by Crippen LogP contribution is 2.18. The highest BCUT2D eigenvalue weighted by molar-refractivity contribution is 5.80. The lowest BCUT2D eigenvalue weighted by molar-refractivity contribution is -0.138. The summed E-state index contributed by atoms with van der Waals surface area (Å²) < 4.78 is 0. The molecule has 0 aromatic carbocycles. The lowest BCUT2D eigenvalue weighted by atomic mass is 10.1. The van der Waals surface area contributed by atoms with E-state index in [0.717, 1.165) is 25.7 Å². The summed E-state index contributed by atoms with van der Waals surface area (Å²) in [4.78, 5) is 24.1. The molecule has 0 spiro atoms. The average Bonchev–Trinajstić information content (AvgIpc) is 2.51. The third-order valence-electron chi connectivity index (χ3n) is 3.48. The molecule has 19 heavy (non-hydrogen) atoms. The summed E-state index contributed by atoms with van der Waals surface area (Å²) in [7, 11) is 0. The van der Waals surface area contributed by atoms with Crippen molar-refractivity contribution in [3.63, 3.8) is 0 Å². The molecule has 1 aliphatic rings. The Hall–Kier alpha value is -1.30. The highest BCUT2D eigenvalue weighted by Gasteiger charge is 2.27. The third kappa shape index (κ3) is 5.06. The molecule has 110 valence electrons. The minimum atomic E-state index is -1.04. The summed E-state index contributed by atoms with van der Waals surface area (Å²) in [5.41, 5.74) is 0. The van der Waals surface area contributed by atoms with Gasteiger partial charge in [-0.15, -0.1) is 0 Å². The third-order valence-corrected chi connectivity index (χ3v) is 3.48. The zero-order valence-corrected chi connectivity index (χ0v) is 11.6. The van der Waals surface area contributed by atoms with Gasteiger partial charge in [0, 0.05) is 6.04 Å². The van der Waals surface area contributed by atoms with Gasteiger partial charge in [-0.2, -0.15) is 0 Å². The fraction of sp³-hybridized carbons (Fsp3) is 0.846. The molecule has 1 aliphatic carbocycles. The Bertz CT molecular complexity index is 320. The molecule has 0 bridgehead atoms. The molecule has 1 fully saturated rings. The Morgan fingerprint density at radius 3 is 2.47 bits per heavy atom. The van der Waals surface area contributed by atoms with Crippen molar-refractivity contribution in [2.75, 3.05) is 6.54 Å². The predicted molar refractivity (Wildman–Crippen MR) is 70.9 cm³/mol. The van der Waals surface area contributed by atoms with Crippen LogP contribution in [0.15, 0.2) is 0 Å². The van der Waals surface area contributed by atoms with Crippen molar-refractivity contribution in [2.24, 2.45) is 0 Å². The molecule has 6 heteroatoms. The van der Waals surface area contributed by atoms with Gasteiger partial charge in [0.2, 0.25) is 0 Å². The summed E-state index contributed by atoms with van der Waals surface area (Å²) in [6, 6.07) is -0.882. The number of amides is 2. The number of carboxylic acids is 1. The van der Waals surface area contributed by atoms with Gasteiger partial charge in [0.25, 0.3) is 0 Å². The van der Waals surface area contributed by atoms with Crippen molar-refractivity contribution >= 4 is 12.0 Å². The van der Waals surface area contributed by atoms with Crippen LogP contribution in [-0.2, 0) is 4.79 Å². The SMILES string of the molecule is CC(C)N(CC(=O)O)C(=O)NC1CCCCCC1O. The second-order valence-corrected chi connectivity index (χ2v) is 5.38. The Balaban J connectivity index is 2.61. The van der Waals surface area contributed by atoms with Crippen LogP contribution < -0.4 is 5.32 Å². The van der Waals surface area contributed by atoms with E-state index in [1.807, 2.05) is 0 Å². The van der Waals surface area contributed by atoms with E-state index in [9.17, 15) is 14.7 Å². The Morgan fingerprint density at radius 1 is 1.26 bits per heavy atom. The molecule has 1 saturated carbocycles. The number of carboxylic acid groups (broad SMARTS) is 1. The van der Waals surface area contributed by atoms with Crippen LogP contribution in [0.2, 0.25) is 0 Å². The Kier molecular flexibility index (Phi) is 6.08. The maximum Gasteiger partial charge on any atom is 0.323 e. The van der Waals surface area contributed by atoms with E-state index in [2.05, 4.69) is 5.32 Å². The first-order valence-electron chi connectivity index (χ1n) is 6.88. The van der Waals surface area contributed by atoms with Gasteiger partial charge >= 0.3 is 12.0 Å². The molecule has 0 aromatic rings. The van der Waals surface area contributed by atoms with Crippen LogP contribution in [0.25, 0.3) is 0 Å². The average molecular weight is 272 g/mol. The number of aliphatic carboxylic acids is 1. The summed E-state index contributed by atoms with van der Waals surface area (Å²) in [6.07, 6.45) is 3.90. The van der Waals surface area contributed by atoms with Crippen molar-refractivity contribution < 1.29 is 19.8 Å². The van der Waals surface area contributed by atoms with Gasteiger partial charge in [-0.05, 0) is 26.7 Å². The largest absolute Gasteiger partial charge is 0.480 e. The van der Waals surface area contributed by atoms with Crippen LogP contribution in [0.3, 0.4) is 0 Å². The van der Waals surface area contributed by atoms with E-state index in [0.29, 0.717) is 6.42 Å². The molecular weight excluding hydrogens is 248 g/mol. The quantitative estimate of drug-likeness (QED) is 0.670. The maximum absolute atomic E-state index is 12.1. The topological polar surface area (TPSA) is 89.9 Å². The number of hydrogen-bond acceptors (Lipinski definition) is 3. The fourth-order valence-corrected chi connectivity index (χ4v) is 2.33. The lowest BCUT2D eigenvalue weighted by Gasteiger charge is -2.29. The predicted octanol–water partition coefficient (Wildman–Crippen LogP) is 1.18. The number of nitrogens with one attached hydrogen (secondary N) is 1. The highest BCUT2D eigenvalue weighted by atomic mass is 16.4. The second-order valence-electron chi connectivity index (χ2n) is 5.38. The zero-order valence-electron chi connectivity index (χ0n) is 11.6. The molecule has 0 heterocycles. The van der Waals surface area contributed by atoms with E-state index in [-0.39, 0.29) is 18.6 Å². The Labute approximate surface area is 113 Å². The normalized spacial score (nSPS) is 23.8. The Morgan fingerprint density at radius 2 is 1.89 bits per heavy atom. The van der Waals surface area contributed by atoms with E-state index in [1.165, 1.54) is 4.90 Å². The monoisotopic (exact) mass is 272 g/mol. The van der Waals surface area contributed by atoms with Gasteiger partial charge in [0.1, 0.15) is 6.54 Å². The number of urea groups is 1. The molecule has 0 saturated heterocycles. The summed E-state index contributed by atoms with van der Waals surface area (Å²) in [6.45, 7) is 3.21. The number of carbonyl (C=O) groups is 2. The first-order chi connectivity index (χ1) is 8.91. The zero-order chi connectivity index (χ0) is 14.4. The number of hydrogen-bond donors (Lipinski definition) is 3. The minimum absolute atomic E-state index is 0.195. The number of aliphatic hydroxyl groups excluding tert-OH is 1. The van der Waals surface area contributed by atoms with Gasteiger partial charge < -0.3 is 20.4 Å². The van der Waals surface area contributed by atoms with Crippen LogP contribution in [0.4, 0.5) is 4.79 Å². The molecule has 0 radical (unpaired) electrons. The van der Waals surface area contributed by atoms with E-state index >= 15 is 0 Å². The van der Waals surface area contributed by atoms with E-state index < -0.39 is 18.1 Å². The molecule has 2 atom stereocenters. The van der Waals surface area contributed by atoms with E-state index in [1.54, 1.807) is 13.8 Å². The first kappa shape index (κ1) is 15.8. The van der Waals surface area contributed by atoms with Crippen LogP contribution in [0, 0.1) is 0 Å². The number of nitrogens with zero attached hydrogens (tertiary/aromatic N) is 1. The van der Waals surface area contributed by atoms with Gasteiger partial charge in [0.05, 0.1) is 12.1 Å². The molecule has 6 nitrogen and oxygen atoms in total. The second kappa shape index (κ2) is 7.33. The van der Waals surface area contributed by atoms with Crippen LogP contribution in [0.1, 0.15) is 46.0 Å². The summed E-state index contributed by atoms with van der Waals surface area (Å²) >= 11 is 0. The smallest absolute Gasteiger partial charge is 0.323 e. The van der Waals surface area contributed by atoms with Crippen LogP contribution >= 0.6 is 0 Å². The van der Waals surface area contributed by atoms with E-state index in [4.69, 9.17) is 5.11 Å². The van der Waals surface area contributed by atoms with Crippen LogP contribution in [-0.4, -0.2) is 51.8 Å². The number of carbonyl (C=O) groups excluding carboxylic acids is 1.